The summed E-state index contributed by atoms with van der Waals surface area (Å²) in [5, 5.41) is 8.55. The first-order valence-corrected chi connectivity index (χ1v) is 12.8. The SMILES string of the molecule is CC(Sc1cccc(NC(=O)c2ccc(Cl)cc2Cl)c1)C(=O)Nc1nc(-c2ccccc2)cs1. The topological polar surface area (TPSA) is 71.1 Å². The number of anilines is 2. The van der Waals surface area contributed by atoms with E-state index in [0.717, 1.165) is 16.2 Å². The summed E-state index contributed by atoms with van der Waals surface area (Å²) in [6.07, 6.45) is 0. The lowest BCUT2D eigenvalue weighted by atomic mass is 10.2. The van der Waals surface area contributed by atoms with Gasteiger partial charge in [-0.05, 0) is 43.3 Å². The van der Waals surface area contributed by atoms with E-state index >= 15 is 0 Å². The Bertz CT molecular complexity index is 1330. The van der Waals surface area contributed by atoms with Crippen molar-refractivity contribution in [3.05, 3.63) is 93.8 Å². The number of amides is 2. The minimum Gasteiger partial charge on any atom is -0.322 e. The molecule has 0 bridgehead atoms. The number of hydrogen-bond acceptors (Lipinski definition) is 5. The molecule has 0 radical (unpaired) electrons. The van der Waals surface area contributed by atoms with Gasteiger partial charge >= 0.3 is 0 Å². The van der Waals surface area contributed by atoms with Crippen molar-refractivity contribution < 1.29 is 9.59 Å². The van der Waals surface area contributed by atoms with Crippen LogP contribution in [0.3, 0.4) is 0 Å². The molecule has 0 aliphatic carbocycles. The lowest BCUT2D eigenvalue weighted by Gasteiger charge is -2.12. The van der Waals surface area contributed by atoms with Gasteiger partial charge in [-0.15, -0.1) is 23.1 Å². The molecule has 1 unspecified atom stereocenters. The van der Waals surface area contributed by atoms with Gasteiger partial charge < -0.3 is 10.6 Å². The number of thioether (sulfide) groups is 1. The maximum absolute atomic E-state index is 12.7. The summed E-state index contributed by atoms with van der Waals surface area (Å²) in [4.78, 5) is 30.6. The van der Waals surface area contributed by atoms with Crippen molar-refractivity contribution in [1.29, 1.82) is 0 Å². The smallest absolute Gasteiger partial charge is 0.257 e. The Morgan fingerprint density at radius 2 is 1.76 bits per heavy atom. The van der Waals surface area contributed by atoms with Gasteiger partial charge in [0.2, 0.25) is 5.91 Å². The molecular weight excluding hydrogens is 509 g/mol. The van der Waals surface area contributed by atoms with Gasteiger partial charge in [0, 0.05) is 26.5 Å². The molecule has 4 aromatic rings. The van der Waals surface area contributed by atoms with Gasteiger partial charge in [-0.3, -0.25) is 9.59 Å². The van der Waals surface area contributed by atoms with Crippen molar-refractivity contribution in [1.82, 2.24) is 4.98 Å². The normalized spacial score (nSPS) is 11.6. The highest BCUT2D eigenvalue weighted by Gasteiger charge is 2.17. The van der Waals surface area contributed by atoms with Crippen molar-refractivity contribution in [2.75, 3.05) is 10.6 Å². The zero-order chi connectivity index (χ0) is 24.1. The fourth-order valence-corrected chi connectivity index (χ4v) is 5.20. The fraction of sp³-hybridized carbons (Fsp3) is 0.0800. The Balaban J connectivity index is 1.37. The molecule has 172 valence electrons. The number of hydrogen-bond donors (Lipinski definition) is 2. The van der Waals surface area contributed by atoms with E-state index < -0.39 is 0 Å². The van der Waals surface area contributed by atoms with Crippen LogP contribution in [-0.2, 0) is 4.79 Å². The fourth-order valence-electron chi connectivity index (χ4n) is 3.06. The average molecular weight is 528 g/mol. The molecule has 0 fully saturated rings. The number of rotatable bonds is 7. The molecule has 0 aliphatic rings. The van der Waals surface area contributed by atoms with Gasteiger partial charge in [-0.1, -0.05) is 59.6 Å². The van der Waals surface area contributed by atoms with E-state index in [-0.39, 0.29) is 22.1 Å². The standard InChI is InChI=1S/C25H19Cl2N3O2S2/c1-15(23(31)30-25-29-22(14-33-25)16-6-3-2-4-7-16)34-19-9-5-8-18(13-19)28-24(32)20-11-10-17(26)12-21(20)27/h2-15H,1H3,(H,28,32)(H,29,30,31). The molecular formula is C25H19Cl2N3O2S2. The first-order chi connectivity index (χ1) is 16.4. The second-order valence-electron chi connectivity index (χ2n) is 7.26. The summed E-state index contributed by atoms with van der Waals surface area (Å²) in [5.41, 5.74) is 2.75. The summed E-state index contributed by atoms with van der Waals surface area (Å²) >= 11 is 14.8. The molecule has 34 heavy (non-hydrogen) atoms. The maximum Gasteiger partial charge on any atom is 0.257 e. The van der Waals surface area contributed by atoms with E-state index in [1.807, 2.05) is 60.8 Å². The van der Waals surface area contributed by atoms with Gasteiger partial charge in [-0.25, -0.2) is 4.98 Å². The maximum atomic E-state index is 12.7. The predicted molar refractivity (Wildman–Crippen MR) is 142 cm³/mol. The molecule has 9 heteroatoms. The van der Waals surface area contributed by atoms with Crippen molar-refractivity contribution in [3.63, 3.8) is 0 Å². The number of halogens is 2. The Labute approximate surface area is 215 Å². The monoisotopic (exact) mass is 527 g/mol. The van der Waals surface area contributed by atoms with E-state index in [9.17, 15) is 9.59 Å². The van der Waals surface area contributed by atoms with E-state index in [0.29, 0.717) is 21.4 Å². The third-order valence-electron chi connectivity index (χ3n) is 4.75. The van der Waals surface area contributed by atoms with Crippen molar-refractivity contribution in [3.8, 4) is 11.3 Å². The van der Waals surface area contributed by atoms with E-state index in [2.05, 4.69) is 15.6 Å². The van der Waals surface area contributed by atoms with Crippen LogP contribution in [-0.4, -0.2) is 22.0 Å². The number of aromatic nitrogens is 1. The highest BCUT2D eigenvalue weighted by molar-refractivity contribution is 8.00. The first-order valence-electron chi connectivity index (χ1n) is 10.2. The third kappa shape index (κ3) is 6.18. The number of carbonyl (C=O) groups is 2. The molecule has 5 nitrogen and oxygen atoms in total. The number of benzene rings is 3. The molecule has 2 N–H and O–H groups in total. The average Bonchev–Trinajstić information content (AvgIpc) is 3.28. The summed E-state index contributed by atoms with van der Waals surface area (Å²) < 4.78 is 0. The second-order valence-corrected chi connectivity index (χ2v) is 10.4. The molecule has 3 aromatic carbocycles. The van der Waals surface area contributed by atoms with Crippen LogP contribution in [0.5, 0.6) is 0 Å². The first kappa shape index (κ1) is 24.3. The highest BCUT2D eigenvalue weighted by atomic mass is 35.5. The molecule has 0 saturated heterocycles. The number of carbonyl (C=O) groups excluding carboxylic acids is 2. The van der Waals surface area contributed by atoms with Gasteiger partial charge in [0.05, 0.1) is 21.5 Å². The predicted octanol–water partition coefficient (Wildman–Crippen LogP) is 7.49. The molecule has 1 heterocycles. The Kier molecular flexibility index (Phi) is 7.90. The molecule has 1 atom stereocenters. The largest absolute Gasteiger partial charge is 0.322 e. The van der Waals surface area contributed by atoms with Crippen LogP contribution < -0.4 is 10.6 Å². The van der Waals surface area contributed by atoms with E-state index in [4.69, 9.17) is 23.2 Å². The number of nitrogens with zero attached hydrogens (tertiary/aromatic N) is 1. The summed E-state index contributed by atoms with van der Waals surface area (Å²) in [6.45, 7) is 1.82. The molecule has 0 saturated carbocycles. The number of nitrogens with one attached hydrogen (secondary N) is 2. The van der Waals surface area contributed by atoms with E-state index in [1.165, 1.54) is 29.2 Å². The van der Waals surface area contributed by atoms with Gasteiger partial charge in [-0.2, -0.15) is 0 Å². The van der Waals surface area contributed by atoms with Gasteiger partial charge in [0.25, 0.3) is 5.91 Å². The Morgan fingerprint density at radius 3 is 2.53 bits per heavy atom. The molecule has 4 rings (SSSR count). The zero-order valence-electron chi connectivity index (χ0n) is 17.9. The summed E-state index contributed by atoms with van der Waals surface area (Å²) in [6, 6.07) is 21.8. The van der Waals surface area contributed by atoms with E-state index in [1.54, 1.807) is 18.2 Å². The minimum absolute atomic E-state index is 0.152. The molecule has 1 aromatic heterocycles. The van der Waals surface area contributed by atoms with Crippen LogP contribution in [0.4, 0.5) is 10.8 Å². The summed E-state index contributed by atoms with van der Waals surface area (Å²) in [7, 11) is 0. The van der Waals surface area contributed by atoms with Gasteiger partial charge in [0.15, 0.2) is 5.13 Å². The van der Waals surface area contributed by atoms with Crippen molar-refractivity contribution >= 4 is 68.9 Å². The van der Waals surface area contributed by atoms with Crippen LogP contribution >= 0.6 is 46.3 Å². The summed E-state index contributed by atoms with van der Waals surface area (Å²) in [5.74, 6) is -0.492. The molecule has 2 amide bonds. The second kappa shape index (κ2) is 11.1. The lowest BCUT2D eigenvalue weighted by Crippen LogP contribution is -2.22. The van der Waals surface area contributed by atoms with Crippen LogP contribution in [0.25, 0.3) is 11.3 Å². The van der Waals surface area contributed by atoms with Crippen LogP contribution in [0.2, 0.25) is 10.0 Å². The van der Waals surface area contributed by atoms with Gasteiger partial charge in [0.1, 0.15) is 0 Å². The third-order valence-corrected chi connectivity index (χ3v) is 7.15. The van der Waals surface area contributed by atoms with Crippen molar-refractivity contribution in [2.24, 2.45) is 0 Å². The molecule has 0 aliphatic heterocycles. The number of thiazole rings is 1. The van der Waals surface area contributed by atoms with Crippen molar-refractivity contribution in [2.45, 2.75) is 17.1 Å². The highest BCUT2D eigenvalue weighted by Crippen LogP contribution is 2.29. The molecule has 0 spiro atoms. The Hall–Kier alpha value is -2.84. The lowest BCUT2D eigenvalue weighted by molar-refractivity contribution is -0.115. The zero-order valence-corrected chi connectivity index (χ0v) is 21.1. The van der Waals surface area contributed by atoms with Crippen LogP contribution in [0, 0.1) is 0 Å². The Morgan fingerprint density at radius 1 is 0.971 bits per heavy atom. The minimum atomic E-state index is -0.374. The van der Waals surface area contributed by atoms with Crippen LogP contribution in [0.15, 0.2) is 83.1 Å². The van der Waals surface area contributed by atoms with Crippen LogP contribution in [0.1, 0.15) is 17.3 Å². The quantitative estimate of drug-likeness (QED) is 0.244.